The van der Waals surface area contributed by atoms with Crippen LogP contribution >= 0.6 is 12.2 Å². The van der Waals surface area contributed by atoms with E-state index in [1.807, 2.05) is 0 Å². The van der Waals surface area contributed by atoms with E-state index in [9.17, 15) is 8.42 Å². The molecule has 1 aromatic carbocycles. The van der Waals surface area contributed by atoms with Crippen LogP contribution in [0.25, 0.3) is 0 Å². The second kappa shape index (κ2) is 8.40. The van der Waals surface area contributed by atoms with E-state index in [0.29, 0.717) is 17.3 Å². The normalized spacial score (nSPS) is 10.6. The van der Waals surface area contributed by atoms with Crippen LogP contribution in [0.5, 0.6) is 5.88 Å². The molecule has 0 saturated heterocycles. The Bertz CT molecular complexity index is 854. The van der Waals surface area contributed by atoms with Gasteiger partial charge in [-0.25, -0.2) is 18.4 Å². The van der Waals surface area contributed by atoms with E-state index in [1.54, 1.807) is 18.2 Å². The molecule has 25 heavy (non-hydrogen) atoms. The summed E-state index contributed by atoms with van der Waals surface area (Å²) in [6.07, 6.45) is 2.89. The minimum Gasteiger partial charge on any atom is -0.481 e. The number of hydrogen-bond acceptors (Lipinski definition) is 6. The number of anilines is 2. The largest absolute Gasteiger partial charge is 0.481 e. The van der Waals surface area contributed by atoms with Gasteiger partial charge in [0.15, 0.2) is 5.11 Å². The maximum Gasteiger partial charge on any atom is 0.263 e. The highest BCUT2D eigenvalue weighted by atomic mass is 32.2. The number of hydrogen-bond donors (Lipinski definition) is 3. The van der Waals surface area contributed by atoms with Crippen molar-refractivity contribution in [2.75, 3.05) is 23.7 Å². The molecule has 0 atom stereocenters. The second-order valence-corrected chi connectivity index (χ2v) is 6.79. The van der Waals surface area contributed by atoms with Crippen molar-refractivity contribution in [3.05, 3.63) is 49.3 Å². The van der Waals surface area contributed by atoms with Crippen molar-refractivity contribution in [3.63, 3.8) is 0 Å². The summed E-state index contributed by atoms with van der Waals surface area (Å²) in [5.74, 6) is 0.372. The summed E-state index contributed by atoms with van der Waals surface area (Å²) in [6, 6.07) is 7.52. The van der Waals surface area contributed by atoms with Gasteiger partial charge in [0, 0.05) is 18.3 Å². The van der Waals surface area contributed by atoms with Crippen LogP contribution in [-0.2, 0) is 10.0 Å². The first-order chi connectivity index (χ1) is 11.9. The highest BCUT2D eigenvalue weighted by Crippen LogP contribution is 2.18. The van der Waals surface area contributed by atoms with Gasteiger partial charge in [-0.2, -0.15) is 0 Å². The number of rotatable bonds is 7. The monoisotopic (exact) mass is 379 g/mol. The number of methoxy groups -OCH3 is 1. The van der Waals surface area contributed by atoms with E-state index in [4.69, 9.17) is 17.0 Å². The first kappa shape index (κ1) is 18.6. The average molecular weight is 379 g/mol. The van der Waals surface area contributed by atoms with Crippen molar-refractivity contribution in [1.82, 2.24) is 15.3 Å². The number of aromatic nitrogens is 2. The van der Waals surface area contributed by atoms with Gasteiger partial charge in [-0.3, -0.25) is 4.72 Å². The predicted molar refractivity (Wildman–Crippen MR) is 100 cm³/mol. The average Bonchev–Trinajstić information content (AvgIpc) is 2.60. The van der Waals surface area contributed by atoms with Gasteiger partial charge in [-0.1, -0.05) is 6.08 Å². The zero-order valence-corrected chi connectivity index (χ0v) is 15.0. The van der Waals surface area contributed by atoms with Gasteiger partial charge in [0.05, 0.1) is 12.0 Å². The van der Waals surface area contributed by atoms with E-state index in [-0.39, 0.29) is 16.6 Å². The van der Waals surface area contributed by atoms with Gasteiger partial charge in [0.25, 0.3) is 10.0 Å². The topological polar surface area (TPSA) is 105 Å². The number of sulfonamides is 1. The fourth-order valence-electron chi connectivity index (χ4n) is 1.76. The fourth-order valence-corrected chi connectivity index (χ4v) is 2.96. The summed E-state index contributed by atoms with van der Waals surface area (Å²) in [6.45, 7) is 4.12. The van der Waals surface area contributed by atoms with Crippen molar-refractivity contribution >= 4 is 38.9 Å². The van der Waals surface area contributed by atoms with Gasteiger partial charge in [0.1, 0.15) is 12.1 Å². The Labute approximate surface area is 151 Å². The molecule has 0 bridgehead atoms. The molecule has 0 unspecified atom stereocenters. The van der Waals surface area contributed by atoms with Crippen LogP contribution in [0.2, 0.25) is 0 Å². The minimum atomic E-state index is -3.78. The Morgan fingerprint density at radius 2 is 2.04 bits per heavy atom. The molecule has 0 saturated carbocycles. The third kappa shape index (κ3) is 5.40. The molecule has 0 spiro atoms. The molecule has 0 amide bonds. The lowest BCUT2D eigenvalue weighted by molar-refractivity contribution is 0.397. The molecule has 0 aliphatic rings. The van der Waals surface area contributed by atoms with E-state index in [1.165, 1.54) is 31.6 Å². The zero-order valence-electron chi connectivity index (χ0n) is 13.4. The standard InChI is InChI=1S/C15H17N5O3S2/c1-3-8-16-15(24)19-11-4-6-12(7-5-11)25(21,22)20-13-9-14(23-2)18-10-17-13/h3-7,9-10H,1,8H2,2H3,(H2,16,19,24)(H,17,18,20). The van der Waals surface area contributed by atoms with Gasteiger partial charge < -0.3 is 15.4 Å². The summed E-state index contributed by atoms with van der Waals surface area (Å²) >= 11 is 5.09. The van der Waals surface area contributed by atoms with Crippen molar-refractivity contribution in [1.29, 1.82) is 0 Å². The lowest BCUT2D eigenvalue weighted by Gasteiger charge is -2.11. The second-order valence-electron chi connectivity index (χ2n) is 4.70. The third-order valence-corrected chi connectivity index (χ3v) is 4.54. The molecule has 0 fully saturated rings. The van der Waals surface area contributed by atoms with E-state index < -0.39 is 10.0 Å². The van der Waals surface area contributed by atoms with Crippen molar-refractivity contribution in [2.24, 2.45) is 0 Å². The third-order valence-electron chi connectivity index (χ3n) is 2.92. The summed E-state index contributed by atoms with van der Waals surface area (Å²) in [4.78, 5) is 7.76. The summed E-state index contributed by atoms with van der Waals surface area (Å²) in [5.41, 5.74) is 0.657. The van der Waals surface area contributed by atoms with Crippen LogP contribution in [0.4, 0.5) is 11.5 Å². The molecule has 2 rings (SSSR count). The summed E-state index contributed by atoms with van der Waals surface area (Å²) in [5, 5.41) is 6.27. The van der Waals surface area contributed by atoms with Gasteiger partial charge >= 0.3 is 0 Å². The molecule has 0 aliphatic carbocycles. The van der Waals surface area contributed by atoms with E-state index in [0.717, 1.165) is 0 Å². The number of benzene rings is 1. The Kier molecular flexibility index (Phi) is 6.25. The lowest BCUT2D eigenvalue weighted by atomic mass is 10.3. The molecule has 10 heteroatoms. The Morgan fingerprint density at radius 3 is 2.68 bits per heavy atom. The van der Waals surface area contributed by atoms with Crippen LogP contribution in [0.3, 0.4) is 0 Å². The van der Waals surface area contributed by atoms with Gasteiger partial charge in [0.2, 0.25) is 5.88 Å². The van der Waals surface area contributed by atoms with Crippen LogP contribution in [-0.4, -0.2) is 37.2 Å². The van der Waals surface area contributed by atoms with Crippen LogP contribution < -0.4 is 20.1 Å². The number of ether oxygens (including phenoxy) is 1. The van der Waals surface area contributed by atoms with Crippen LogP contribution in [0.15, 0.2) is 54.2 Å². The minimum absolute atomic E-state index is 0.0839. The van der Waals surface area contributed by atoms with Crippen LogP contribution in [0, 0.1) is 0 Å². The Hall–Kier alpha value is -2.72. The van der Waals surface area contributed by atoms with Crippen LogP contribution in [0.1, 0.15) is 0 Å². The zero-order chi connectivity index (χ0) is 18.3. The molecule has 1 heterocycles. The van der Waals surface area contributed by atoms with Gasteiger partial charge in [-0.05, 0) is 36.5 Å². The first-order valence-electron chi connectivity index (χ1n) is 7.09. The van der Waals surface area contributed by atoms with Crippen molar-refractivity contribution < 1.29 is 13.2 Å². The number of nitrogens with one attached hydrogen (secondary N) is 3. The molecular formula is C15H17N5O3S2. The number of nitrogens with zero attached hydrogens (tertiary/aromatic N) is 2. The SMILES string of the molecule is C=CCNC(=S)Nc1ccc(S(=O)(=O)Nc2cc(OC)ncn2)cc1. The summed E-state index contributed by atoms with van der Waals surface area (Å²) in [7, 11) is -2.35. The molecular weight excluding hydrogens is 362 g/mol. The van der Waals surface area contributed by atoms with Crippen molar-refractivity contribution in [2.45, 2.75) is 4.90 Å². The highest BCUT2D eigenvalue weighted by Gasteiger charge is 2.15. The maximum atomic E-state index is 12.4. The van der Waals surface area contributed by atoms with E-state index in [2.05, 4.69) is 31.9 Å². The maximum absolute atomic E-state index is 12.4. The van der Waals surface area contributed by atoms with E-state index >= 15 is 0 Å². The quantitative estimate of drug-likeness (QED) is 0.494. The fraction of sp³-hybridized carbons (Fsp3) is 0.133. The molecule has 0 radical (unpaired) electrons. The lowest BCUT2D eigenvalue weighted by Crippen LogP contribution is -2.28. The highest BCUT2D eigenvalue weighted by molar-refractivity contribution is 7.92. The molecule has 132 valence electrons. The van der Waals surface area contributed by atoms with Crippen molar-refractivity contribution in [3.8, 4) is 5.88 Å². The Balaban J connectivity index is 2.09. The summed E-state index contributed by atoms with van der Waals surface area (Å²) < 4.78 is 32.1. The predicted octanol–water partition coefficient (Wildman–Crippen LogP) is 1.76. The first-order valence-corrected chi connectivity index (χ1v) is 8.98. The van der Waals surface area contributed by atoms with Gasteiger partial charge in [-0.15, -0.1) is 6.58 Å². The molecule has 0 aliphatic heterocycles. The Morgan fingerprint density at radius 1 is 1.32 bits per heavy atom. The smallest absolute Gasteiger partial charge is 0.263 e. The molecule has 2 aromatic rings. The molecule has 8 nitrogen and oxygen atoms in total. The molecule has 1 aromatic heterocycles. The number of thiocarbonyl (C=S) groups is 1. The molecule has 3 N–H and O–H groups in total.